The van der Waals surface area contributed by atoms with Gasteiger partial charge in [0, 0.05) is 25.5 Å². The Bertz CT molecular complexity index is 599. The van der Waals surface area contributed by atoms with Gasteiger partial charge in [-0.05, 0) is 25.0 Å². The second-order valence-electron chi connectivity index (χ2n) is 4.77. The number of hydrogen-bond acceptors (Lipinski definition) is 2. The number of aromatic nitrogens is 1. The first kappa shape index (κ1) is 14.5. The molecule has 0 aliphatic heterocycles. The zero-order valence-electron chi connectivity index (χ0n) is 11.6. The van der Waals surface area contributed by atoms with Crippen molar-refractivity contribution < 1.29 is 4.79 Å². The molecule has 0 aliphatic rings. The zero-order chi connectivity index (χ0) is 14.5. The van der Waals surface area contributed by atoms with Crippen molar-refractivity contribution in [2.45, 2.75) is 13.3 Å². The summed E-state index contributed by atoms with van der Waals surface area (Å²) in [5, 5.41) is 0.453. The molecule has 20 heavy (non-hydrogen) atoms. The van der Waals surface area contributed by atoms with Gasteiger partial charge in [0.05, 0.1) is 10.6 Å². The number of carbonyl (C=O) groups is 1. The molecule has 0 spiro atoms. The molecule has 0 saturated carbocycles. The van der Waals surface area contributed by atoms with E-state index in [2.05, 4.69) is 17.1 Å². The highest BCUT2D eigenvalue weighted by atomic mass is 35.5. The lowest BCUT2D eigenvalue weighted by Crippen LogP contribution is -2.29. The van der Waals surface area contributed by atoms with E-state index in [1.54, 1.807) is 24.2 Å². The van der Waals surface area contributed by atoms with E-state index >= 15 is 0 Å². The number of rotatable bonds is 4. The predicted molar refractivity (Wildman–Crippen MR) is 81.1 cm³/mol. The smallest absolute Gasteiger partial charge is 0.256 e. The topological polar surface area (TPSA) is 33.2 Å². The summed E-state index contributed by atoms with van der Waals surface area (Å²) < 4.78 is 0. The zero-order valence-corrected chi connectivity index (χ0v) is 12.4. The summed E-state index contributed by atoms with van der Waals surface area (Å²) in [6, 6.07) is 11.8. The summed E-state index contributed by atoms with van der Waals surface area (Å²) in [6.45, 7) is 2.49. The van der Waals surface area contributed by atoms with E-state index in [0.717, 1.165) is 12.1 Å². The van der Waals surface area contributed by atoms with Gasteiger partial charge < -0.3 is 4.90 Å². The lowest BCUT2D eigenvalue weighted by atomic mass is 10.1. The van der Waals surface area contributed by atoms with E-state index in [9.17, 15) is 4.79 Å². The molecule has 0 radical (unpaired) electrons. The Labute approximate surface area is 124 Å². The van der Waals surface area contributed by atoms with Crippen molar-refractivity contribution in [1.29, 1.82) is 0 Å². The van der Waals surface area contributed by atoms with Gasteiger partial charge in [0.1, 0.15) is 0 Å². The fourth-order valence-corrected chi connectivity index (χ4v) is 2.22. The Morgan fingerprint density at radius 1 is 1.30 bits per heavy atom. The van der Waals surface area contributed by atoms with Crippen molar-refractivity contribution in [3.63, 3.8) is 0 Å². The van der Waals surface area contributed by atoms with E-state index in [4.69, 9.17) is 11.6 Å². The van der Waals surface area contributed by atoms with Gasteiger partial charge in [0.2, 0.25) is 0 Å². The number of benzene rings is 1. The van der Waals surface area contributed by atoms with Crippen LogP contribution in [0.25, 0.3) is 0 Å². The lowest BCUT2D eigenvalue weighted by molar-refractivity contribution is 0.0796. The van der Waals surface area contributed by atoms with Crippen LogP contribution < -0.4 is 0 Å². The SMILES string of the molecule is Cc1cc(Cl)c(C(=O)N(C)CCc2ccccc2)cn1. The Morgan fingerprint density at radius 3 is 2.65 bits per heavy atom. The molecule has 2 aromatic rings. The molecular formula is C16H17ClN2O. The quantitative estimate of drug-likeness (QED) is 0.864. The molecule has 0 unspecified atom stereocenters. The van der Waals surface area contributed by atoms with Gasteiger partial charge in [-0.1, -0.05) is 41.9 Å². The largest absolute Gasteiger partial charge is 0.341 e. The number of carbonyl (C=O) groups excluding carboxylic acids is 1. The average molecular weight is 289 g/mol. The second-order valence-corrected chi connectivity index (χ2v) is 5.18. The molecule has 1 amide bonds. The number of halogens is 1. The van der Waals surface area contributed by atoms with Gasteiger partial charge in [0.25, 0.3) is 5.91 Å². The predicted octanol–water partition coefficient (Wildman–Crippen LogP) is 3.36. The van der Waals surface area contributed by atoms with Gasteiger partial charge in [-0.15, -0.1) is 0 Å². The van der Waals surface area contributed by atoms with Crippen LogP contribution in [0, 0.1) is 6.92 Å². The summed E-state index contributed by atoms with van der Waals surface area (Å²) >= 11 is 6.10. The first-order valence-electron chi connectivity index (χ1n) is 6.49. The summed E-state index contributed by atoms with van der Waals surface area (Å²) in [5.41, 5.74) is 2.46. The van der Waals surface area contributed by atoms with E-state index < -0.39 is 0 Å². The average Bonchev–Trinajstić information content (AvgIpc) is 2.45. The molecule has 0 aliphatic carbocycles. The molecule has 0 atom stereocenters. The maximum Gasteiger partial charge on any atom is 0.256 e. The lowest BCUT2D eigenvalue weighted by Gasteiger charge is -2.17. The van der Waals surface area contributed by atoms with Crippen LogP contribution >= 0.6 is 11.6 Å². The molecular weight excluding hydrogens is 272 g/mol. The number of aryl methyl sites for hydroxylation is 1. The summed E-state index contributed by atoms with van der Waals surface area (Å²) in [6.07, 6.45) is 2.36. The molecule has 0 N–H and O–H groups in total. The van der Waals surface area contributed by atoms with Crippen molar-refractivity contribution >= 4 is 17.5 Å². The maximum absolute atomic E-state index is 12.3. The van der Waals surface area contributed by atoms with Gasteiger partial charge in [-0.25, -0.2) is 0 Å². The number of amides is 1. The molecule has 0 bridgehead atoms. The Hall–Kier alpha value is -1.87. The Morgan fingerprint density at radius 2 is 2.00 bits per heavy atom. The first-order chi connectivity index (χ1) is 9.58. The molecule has 1 aromatic carbocycles. The van der Waals surface area contributed by atoms with Gasteiger partial charge >= 0.3 is 0 Å². The van der Waals surface area contributed by atoms with E-state index in [-0.39, 0.29) is 5.91 Å². The molecule has 1 aromatic heterocycles. The van der Waals surface area contributed by atoms with Crippen LogP contribution in [0.3, 0.4) is 0 Å². The summed E-state index contributed by atoms with van der Waals surface area (Å²) in [5.74, 6) is -0.0987. The number of hydrogen-bond donors (Lipinski definition) is 0. The third-order valence-corrected chi connectivity index (χ3v) is 3.46. The maximum atomic E-state index is 12.3. The minimum Gasteiger partial charge on any atom is -0.341 e. The molecule has 0 fully saturated rings. The molecule has 1 heterocycles. The van der Waals surface area contributed by atoms with Crippen LogP contribution in [0.5, 0.6) is 0 Å². The highest BCUT2D eigenvalue weighted by molar-refractivity contribution is 6.33. The van der Waals surface area contributed by atoms with Crippen molar-refractivity contribution in [2.24, 2.45) is 0 Å². The number of likely N-dealkylation sites (N-methyl/N-ethyl adjacent to an activating group) is 1. The van der Waals surface area contributed by atoms with Crippen LogP contribution in [0.2, 0.25) is 5.02 Å². The standard InChI is InChI=1S/C16H17ClN2O/c1-12-10-15(17)14(11-18-12)16(20)19(2)9-8-13-6-4-3-5-7-13/h3-7,10-11H,8-9H2,1-2H3. The third kappa shape index (κ3) is 3.58. The Kier molecular flexibility index (Phi) is 4.74. The van der Waals surface area contributed by atoms with E-state index in [1.165, 1.54) is 5.56 Å². The molecule has 4 heteroatoms. The molecule has 104 valence electrons. The van der Waals surface area contributed by atoms with Crippen molar-refractivity contribution in [1.82, 2.24) is 9.88 Å². The minimum atomic E-state index is -0.0987. The first-order valence-corrected chi connectivity index (χ1v) is 6.87. The summed E-state index contributed by atoms with van der Waals surface area (Å²) in [7, 11) is 1.78. The third-order valence-electron chi connectivity index (χ3n) is 3.15. The van der Waals surface area contributed by atoms with Crippen molar-refractivity contribution in [3.05, 3.63) is 64.4 Å². The molecule has 3 nitrogen and oxygen atoms in total. The highest BCUT2D eigenvalue weighted by Gasteiger charge is 2.15. The summed E-state index contributed by atoms with van der Waals surface area (Å²) in [4.78, 5) is 18.1. The van der Waals surface area contributed by atoms with Crippen LogP contribution in [0.15, 0.2) is 42.6 Å². The highest BCUT2D eigenvalue weighted by Crippen LogP contribution is 2.17. The number of pyridine rings is 1. The van der Waals surface area contributed by atoms with E-state index in [1.807, 2.05) is 25.1 Å². The fourth-order valence-electron chi connectivity index (χ4n) is 1.93. The van der Waals surface area contributed by atoms with Gasteiger partial charge in [-0.2, -0.15) is 0 Å². The van der Waals surface area contributed by atoms with Crippen molar-refractivity contribution in [3.8, 4) is 0 Å². The molecule has 0 saturated heterocycles. The van der Waals surface area contributed by atoms with Crippen LogP contribution in [0.4, 0.5) is 0 Å². The van der Waals surface area contributed by atoms with Crippen LogP contribution in [-0.2, 0) is 6.42 Å². The van der Waals surface area contributed by atoms with Crippen LogP contribution in [-0.4, -0.2) is 29.4 Å². The van der Waals surface area contributed by atoms with E-state index in [0.29, 0.717) is 17.1 Å². The molecule has 2 rings (SSSR count). The number of nitrogens with zero attached hydrogens (tertiary/aromatic N) is 2. The monoisotopic (exact) mass is 288 g/mol. The minimum absolute atomic E-state index is 0.0987. The second kappa shape index (κ2) is 6.53. The van der Waals surface area contributed by atoms with Crippen molar-refractivity contribution in [2.75, 3.05) is 13.6 Å². The normalized spacial score (nSPS) is 10.3. The Balaban J connectivity index is 2.01. The van der Waals surface area contributed by atoms with Gasteiger partial charge in [-0.3, -0.25) is 9.78 Å². The van der Waals surface area contributed by atoms with Gasteiger partial charge in [0.15, 0.2) is 0 Å². The fraction of sp³-hybridized carbons (Fsp3) is 0.250. The van der Waals surface area contributed by atoms with Crippen LogP contribution in [0.1, 0.15) is 21.6 Å².